The molecule has 0 aliphatic carbocycles. The molecule has 4 heteroatoms. The molecular formula is C15H20N4. The van der Waals surface area contributed by atoms with Gasteiger partial charge in [-0.25, -0.2) is 9.97 Å². The number of aryl methyl sites for hydroxylation is 2. The average Bonchev–Trinajstić information content (AvgIpc) is 2.42. The Labute approximate surface area is 114 Å². The molecule has 19 heavy (non-hydrogen) atoms. The van der Waals surface area contributed by atoms with E-state index in [9.17, 15) is 0 Å². The highest BCUT2D eigenvalue weighted by atomic mass is 15.1. The topological polar surface area (TPSA) is 63.8 Å². The molecule has 0 saturated heterocycles. The first-order chi connectivity index (χ1) is 9.11. The molecule has 0 bridgehead atoms. The zero-order valence-corrected chi connectivity index (χ0v) is 11.7. The number of nitrogens with two attached hydrogens (primary N) is 1. The van der Waals surface area contributed by atoms with Gasteiger partial charge in [0.2, 0.25) is 0 Å². The normalized spacial score (nSPS) is 10.5. The fraction of sp³-hybridized carbons (Fsp3) is 0.333. The van der Waals surface area contributed by atoms with Crippen LogP contribution in [0, 0.1) is 13.8 Å². The first kappa shape index (κ1) is 13.3. The lowest BCUT2D eigenvalue weighted by Crippen LogP contribution is -2.09. The predicted molar refractivity (Wildman–Crippen MR) is 79.1 cm³/mol. The van der Waals surface area contributed by atoms with Gasteiger partial charge in [0, 0.05) is 18.5 Å². The third-order valence-corrected chi connectivity index (χ3v) is 3.25. The molecule has 0 spiro atoms. The van der Waals surface area contributed by atoms with Crippen molar-refractivity contribution in [3.8, 4) is 0 Å². The summed E-state index contributed by atoms with van der Waals surface area (Å²) in [6.07, 6.45) is 0.781. The molecular weight excluding hydrogens is 236 g/mol. The van der Waals surface area contributed by atoms with Crippen molar-refractivity contribution in [1.82, 2.24) is 9.97 Å². The van der Waals surface area contributed by atoms with E-state index in [0.29, 0.717) is 5.82 Å². The second kappa shape index (κ2) is 5.69. The molecule has 0 amide bonds. The molecule has 0 atom stereocenters. The van der Waals surface area contributed by atoms with E-state index >= 15 is 0 Å². The minimum Gasteiger partial charge on any atom is -0.383 e. The molecule has 0 radical (unpaired) electrons. The highest BCUT2D eigenvalue weighted by Crippen LogP contribution is 2.19. The Balaban J connectivity index is 2.20. The molecule has 100 valence electrons. The van der Waals surface area contributed by atoms with E-state index in [1.807, 2.05) is 26.0 Å². The largest absolute Gasteiger partial charge is 0.383 e. The highest BCUT2D eigenvalue weighted by molar-refractivity contribution is 5.55. The molecule has 2 rings (SSSR count). The van der Waals surface area contributed by atoms with Crippen LogP contribution in [0.3, 0.4) is 0 Å². The van der Waals surface area contributed by atoms with Gasteiger partial charge < -0.3 is 11.1 Å². The molecule has 0 aliphatic rings. The number of nitrogens with one attached hydrogen (secondary N) is 1. The van der Waals surface area contributed by atoms with Crippen LogP contribution in [0.5, 0.6) is 0 Å². The third kappa shape index (κ3) is 3.02. The Hall–Kier alpha value is -2.10. The van der Waals surface area contributed by atoms with Gasteiger partial charge in [0.05, 0.1) is 0 Å². The van der Waals surface area contributed by atoms with Crippen LogP contribution in [0.2, 0.25) is 0 Å². The summed E-state index contributed by atoms with van der Waals surface area (Å²) < 4.78 is 0. The highest BCUT2D eigenvalue weighted by Gasteiger charge is 2.07. The number of nitrogen functional groups attached to an aromatic ring is 1. The van der Waals surface area contributed by atoms with E-state index in [1.54, 1.807) is 0 Å². The van der Waals surface area contributed by atoms with E-state index in [0.717, 1.165) is 30.2 Å². The van der Waals surface area contributed by atoms with Crippen molar-refractivity contribution in [3.05, 3.63) is 46.8 Å². The van der Waals surface area contributed by atoms with Crippen molar-refractivity contribution < 1.29 is 0 Å². The van der Waals surface area contributed by atoms with Gasteiger partial charge in [-0.05, 0) is 25.0 Å². The van der Waals surface area contributed by atoms with E-state index in [-0.39, 0.29) is 0 Å². The predicted octanol–water partition coefficient (Wildman–Crippen LogP) is 2.85. The fourth-order valence-corrected chi connectivity index (χ4v) is 1.90. The Morgan fingerprint density at radius 3 is 2.58 bits per heavy atom. The van der Waals surface area contributed by atoms with E-state index < -0.39 is 0 Å². The summed E-state index contributed by atoms with van der Waals surface area (Å²) in [6.45, 7) is 6.81. The molecule has 2 aromatic rings. The Morgan fingerprint density at radius 2 is 1.89 bits per heavy atom. The zero-order valence-electron chi connectivity index (χ0n) is 11.7. The summed E-state index contributed by atoms with van der Waals surface area (Å²) in [7, 11) is 0. The zero-order chi connectivity index (χ0) is 13.8. The van der Waals surface area contributed by atoms with Crippen molar-refractivity contribution in [2.45, 2.75) is 33.7 Å². The third-order valence-electron chi connectivity index (χ3n) is 3.25. The molecule has 4 nitrogen and oxygen atoms in total. The summed E-state index contributed by atoms with van der Waals surface area (Å²) in [5.41, 5.74) is 9.34. The van der Waals surface area contributed by atoms with Crippen LogP contribution < -0.4 is 11.1 Å². The summed E-state index contributed by atoms with van der Waals surface area (Å²) in [5.74, 6) is 2.15. The number of hydrogen-bond donors (Lipinski definition) is 2. The lowest BCUT2D eigenvalue weighted by Gasteiger charge is -2.12. The average molecular weight is 256 g/mol. The van der Waals surface area contributed by atoms with Crippen molar-refractivity contribution in [3.63, 3.8) is 0 Å². The van der Waals surface area contributed by atoms with Crippen molar-refractivity contribution in [2.75, 3.05) is 11.1 Å². The Morgan fingerprint density at radius 1 is 1.16 bits per heavy atom. The second-order valence-electron chi connectivity index (χ2n) is 4.63. The summed E-state index contributed by atoms with van der Waals surface area (Å²) in [4.78, 5) is 8.75. The quantitative estimate of drug-likeness (QED) is 0.883. The van der Waals surface area contributed by atoms with Gasteiger partial charge in [0.15, 0.2) is 0 Å². The van der Waals surface area contributed by atoms with Crippen molar-refractivity contribution in [2.24, 2.45) is 0 Å². The molecule has 1 heterocycles. The molecule has 0 fully saturated rings. The lowest BCUT2D eigenvalue weighted by atomic mass is 10.1. The van der Waals surface area contributed by atoms with Gasteiger partial charge >= 0.3 is 0 Å². The molecule has 0 aliphatic heterocycles. The van der Waals surface area contributed by atoms with Crippen LogP contribution in [0.4, 0.5) is 11.6 Å². The molecule has 0 saturated carbocycles. The fourth-order valence-electron chi connectivity index (χ4n) is 1.90. The van der Waals surface area contributed by atoms with Crippen LogP contribution >= 0.6 is 0 Å². The maximum Gasteiger partial charge on any atom is 0.135 e. The van der Waals surface area contributed by atoms with E-state index in [4.69, 9.17) is 5.73 Å². The molecule has 0 unspecified atom stereocenters. The van der Waals surface area contributed by atoms with Gasteiger partial charge in [-0.3, -0.25) is 0 Å². The first-order valence-corrected chi connectivity index (χ1v) is 6.53. The van der Waals surface area contributed by atoms with Gasteiger partial charge in [0.1, 0.15) is 17.5 Å². The molecule has 1 aromatic carbocycles. The monoisotopic (exact) mass is 256 g/mol. The maximum absolute atomic E-state index is 5.90. The van der Waals surface area contributed by atoms with Gasteiger partial charge in [-0.2, -0.15) is 0 Å². The van der Waals surface area contributed by atoms with Crippen LogP contribution in [0.25, 0.3) is 0 Å². The second-order valence-corrected chi connectivity index (χ2v) is 4.63. The van der Waals surface area contributed by atoms with Crippen LogP contribution in [0.1, 0.15) is 29.4 Å². The van der Waals surface area contributed by atoms with Crippen molar-refractivity contribution >= 4 is 11.6 Å². The van der Waals surface area contributed by atoms with E-state index in [1.165, 1.54) is 11.1 Å². The number of benzene rings is 1. The summed E-state index contributed by atoms with van der Waals surface area (Å²) >= 11 is 0. The Kier molecular flexibility index (Phi) is 4.00. The number of aromatic nitrogens is 2. The van der Waals surface area contributed by atoms with Gasteiger partial charge in [-0.15, -0.1) is 0 Å². The number of hydrogen-bond acceptors (Lipinski definition) is 4. The number of nitrogens with zero attached hydrogens (tertiary/aromatic N) is 2. The lowest BCUT2D eigenvalue weighted by molar-refractivity contribution is 0.927. The number of rotatable bonds is 4. The molecule has 3 N–H and O–H groups in total. The minimum absolute atomic E-state index is 0.555. The van der Waals surface area contributed by atoms with E-state index in [2.05, 4.69) is 34.3 Å². The van der Waals surface area contributed by atoms with Gasteiger partial charge in [0.25, 0.3) is 0 Å². The van der Waals surface area contributed by atoms with Crippen LogP contribution in [-0.2, 0) is 13.0 Å². The summed E-state index contributed by atoms with van der Waals surface area (Å²) in [5, 5.41) is 3.35. The smallest absolute Gasteiger partial charge is 0.135 e. The minimum atomic E-state index is 0.555. The standard InChI is InChI=1S/C15H20N4/c1-4-13-18-14(16)11(3)15(19-13)17-9-12-8-6-5-7-10(12)2/h5-8H,4,9H2,1-3H3,(H3,16,17,18,19). The molecule has 1 aromatic heterocycles. The SMILES string of the molecule is CCc1nc(N)c(C)c(NCc2ccccc2C)n1. The number of anilines is 2. The van der Waals surface area contributed by atoms with Crippen molar-refractivity contribution in [1.29, 1.82) is 0 Å². The Bertz CT molecular complexity index is 578. The van der Waals surface area contributed by atoms with Gasteiger partial charge in [-0.1, -0.05) is 31.2 Å². The van der Waals surface area contributed by atoms with Crippen LogP contribution in [-0.4, -0.2) is 9.97 Å². The first-order valence-electron chi connectivity index (χ1n) is 6.53. The summed E-state index contributed by atoms with van der Waals surface area (Å²) in [6, 6.07) is 8.31. The van der Waals surface area contributed by atoms with Crippen LogP contribution in [0.15, 0.2) is 24.3 Å². The maximum atomic E-state index is 5.90.